The van der Waals surface area contributed by atoms with Crippen LogP contribution in [-0.2, 0) is 14.2 Å². The molecule has 0 spiro atoms. The highest BCUT2D eigenvalue weighted by molar-refractivity contribution is 4.70. The number of hydrogen-bond acceptors (Lipinski definition) is 5. The fraction of sp³-hybridized carbons (Fsp3) is 1.00. The third-order valence-electron chi connectivity index (χ3n) is 2.60. The zero-order chi connectivity index (χ0) is 16.5. The average molecular weight is 304 g/mol. The van der Waals surface area contributed by atoms with E-state index >= 15 is 0 Å². The molecule has 5 heteroatoms. The summed E-state index contributed by atoms with van der Waals surface area (Å²) in [4.78, 5) is 0. The van der Waals surface area contributed by atoms with Crippen molar-refractivity contribution in [2.75, 3.05) is 26.3 Å². The first kappa shape index (κ1) is 20.8. The largest absolute Gasteiger partial charge is 0.352 e. The van der Waals surface area contributed by atoms with Crippen LogP contribution in [0, 0.1) is 0 Å². The Morgan fingerprint density at radius 1 is 0.714 bits per heavy atom. The Bertz CT molecular complexity index is 233. The first-order valence-corrected chi connectivity index (χ1v) is 7.88. The van der Waals surface area contributed by atoms with Crippen molar-refractivity contribution in [3.63, 3.8) is 0 Å². The maximum atomic E-state index is 5.61. The van der Waals surface area contributed by atoms with Crippen molar-refractivity contribution in [3.05, 3.63) is 0 Å². The summed E-state index contributed by atoms with van der Waals surface area (Å²) in [5.41, 5.74) is 0.230. The second-order valence-corrected chi connectivity index (χ2v) is 7.37. The number of ether oxygens (including phenoxy) is 3. The molecule has 5 nitrogen and oxygen atoms in total. The van der Waals surface area contributed by atoms with Gasteiger partial charge >= 0.3 is 0 Å². The number of hydrogen-bond donors (Lipinski definition) is 2. The fourth-order valence-electron chi connectivity index (χ4n) is 1.65. The van der Waals surface area contributed by atoms with Crippen LogP contribution >= 0.6 is 0 Å². The van der Waals surface area contributed by atoms with Crippen molar-refractivity contribution in [2.24, 2.45) is 0 Å². The van der Waals surface area contributed by atoms with E-state index in [1.807, 2.05) is 13.8 Å². The maximum Gasteiger partial charge on any atom is 0.158 e. The molecule has 0 aliphatic heterocycles. The van der Waals surface area contributed by atoms with E-state index < -0.39 is 0 Å². The Morgan fingerprint density at radius 2 is 1.05 bits per heavy atom. The van der Waals surface area contributed by atoms with Crippen LogP contribution in [0.3, 0.4) is 0 Å². The monoisotopic (exact) mass is 304 g/mol. The van der Waals surface area contributed by atoms with Crippen LogP contribution < -0.4 is 10.6 Å². The molecule has 0 amide bonds. The highest BCUT2D eigenvalue weighted by atomic mass is 16.8. The van der Waals surface area contributed by atoms with Gasteiger partial charge in [-0.05, 0) is 55.4 Å². The van der Waals surface area contributed by atoms with Gasteiger partial charge in [-0.2, -0.15) is 0 Å². The van der Waals surface area contributed by atoms with Crippen LogP contribution in [0.2, 0.25) is 0 Å². The minimum Gasteiger partial charge on any atom is -0.352 e. The van der Waals surface area contributed by atoms with Gasteiger partial charge in [0.05, 0.1) is 13.2 Å². The van der Waals surface area contributed by atoms with E-state index in [0.29, 0.717) is 13.2 Å². The second kappa shape index (κ2) is 9.74. The van der Waals surface area contributed by atoms with Crippen molar-refractivity contribution < 1.29 is 14.2 Å². The fourth-order valence-corrected chi connectivity index (χ4v) is 1.65. The normalized spacial score (nSPS) is 16.0. The minimum atomic E-state index is -0.266. The van der Waals surface area contributed by atoms with Gasteiger partial charge in [0.25, 0.3) is 0 Å². The van der Waals surface area contributed by atoms with E-state index in [1.165, 1.54) is 0 Å². The van der Waals surface area contributed by atoms with E-state index in [2.05, 4.69) is 52.2 Å². The molecule has 0 heterocycles. The van der Waals surface area contributed by atoms with Gasteiger partial charge in [0.15, 0.2) is 12.6 Å². The van der Waals surface area contributed by atoms with E-state index in [4.69, 9.17) is 14.2 Å². The zero-order valence-corrected chi connectivity index (χ0v) is 15.2. The lowest BCUT2D eigenvalue weighted by Gasteiger charge is -2.24. The van der Waals surface area contributed by atoms with Crippen LogP contribution in [-0.4, -0.2) is 50.0 Å². The van der Waals surface area contributed by atoms with Crippen LogP contribution in [0.15, 0.2) is 0 Å². The van der Waals surface area contributed by atoms with Crippen molar-refractivity contribution in [3.8, 4) is 0 Å². The third-order valence-corrected chi connectivity index (χ3v) is 2.60. The smallest absolute Gasteiger partial charge is 0.158 e. The van der Waals surface area contributed by atoms with Crippen LogP contribution in [0.1, 0.15) is 55.4 Å². The summed E-state index contributed by atoms with van der Waals surface area (Å²) < 4.78 is 16.8. The van der Waals surface area contributed by atoms with Gasteiger partial charge in [-0.3, -0.25) is 0 Å². The second-order valence-electron chi connectivity index (χ2n) is 7.37. The predicted molar refractivity (Wildman–Crippen MR) is 87.4 cm³/mol. The summed E-state index contributed by atoms with van der Waals surface area (Å²) in [6.07, 6.45) is -0.533. The molecular formula is C16H36N2O3. The van der Waals surface area contributed by atoms with E-state index in [9.17, 15) is 0 Å². The molecule has 0 saturated heterocycles. The molecule has 0 aromatic heterocycles. The Balaban J connectivity index is 3.59. The molecule has 0 saturated carbocycles. The minimum absolute atomic E-state index is 0.115. The van der Waals surface area contributed by atoms with E-state index in [0.717, 1.165) is 13.1 Å². The van der Waals surface area contributed by atoms with Gasteiger partial charge in [-0.1, -0.05) is 0 Å². The Hall–Kier alpha value is -0.200. The summed E-state index contributed by atoms with van der Waals surface area (Å²) in [6, 6.07) is 0. The molecule has 0 bridgehead atoms. The summed E-state index contributed by atoms with van der Waals surface area (Å²) in [7, 11) is 0. The van der Waals surface area contributed by atoms with E-state index in [-0.39, 0.29) is 23.7 Å². The van der Waals surface area contributed by atoms with Gasteiger partial charge in [-0.25, -0.2) is 0 Å². The molecule has 2 atom stereocenters. The summed E-state index contributed by atoms with van der Waals surface area (Å²) >= 11 is 0. The summed E-state index contributed by atoms with van der Waals surface area (Å²) in [5.74, 6) is 0. The van der Waals surface area contributed by atoms with Gasteiger partial charge in [-0.15, -0.1) is 0 Å². The van der Waals surface area contributed by atoms with Crippen LogP contribution in [0.5, 0.6) is 0 Å². The van der Waals surface area contributed by atoms with Gasteiger partial charge in [0.2, 0.25) is 0 Å². The van der Waals surface area contributed by atoms with Crippen LogP contribution in [0.25, 0.3) is 0 Å². The first-order chi connectivity index (χ1) is 9.49. The molecule has 0 aliphatic rings. The molecule has 0 radical (unpaired) electrons. The highest BCUT2D eigenvalue weighted by Crippen LogP contribution is 2.03. The SMILES string of the molecule is CC(OCCNC(C)(C)C)OC(C)OCCNC(C)(C)C. The average Bonchev–Trinajstić information content (AvgIpc) is 2.28. The topological polar surface area (TPSA) is 51.8 Å². The molecule has 21 heavy (non-hydrogen) atoms. The lowest BCUT2D eigenvalue weighted by atomic mass is 10.1. The van der Waals surface area contributed by atoms with Gasteiger partial charge < -0.3 is 24.8 Å². The lowest BCUT2D eigenvalue weighted by molar-refractivity contribution is -0.230. The van der Waals surface area contributed by atoms with E-state index in [1.54, 1.807) is 0 Å². The van der Waals surface area contributed by atoms with Crippen molar-refractivity contribution in [1.29, 1.82) is 0 Å². The highest BCUT2D eigenvalue weighted by Gasteiger charge is 2.12. The molecular weight excluding hydrogens is 268 g/mol. The third kappa shape index (κ3) is 16.0. The molecule has 0 rings (SSSR count). The summed E-state index contributed by atoms with van der Waals surface area (Å²) in [6.45, 7) is 19.4. The van der Waals surface area contributed by atoms with Crippen molar-refractivity contribution in [1.82, 2.24) is 10.6 Å². The molecule has 2 unspecified atom stereocenters. The maximum absolute atomic E-state index is 5.61. The number of rotatable bonds is 10. The van der Waals surface area contributed by atoms with Gasteiger partial charge in [0.1, 0.15) is 0 Å². The Kier molecular flexibility index (Phi) is 9.65. The molecule has 0 fully saturated rings. The van der Waals surface area contributed by atoms with Crippen LogP contribution in [0.4, 0.5) is 0 Å². The molecule has 0 aromatic rings. The van der Waals surface area contributed by atoms with Gasteiger partial charge in [0, 0.05) is 24.2 Å². The standard InChI is InChI=1S/C16H36N2O3/c1-13(19-11-9-17-15(3,4)5)21-14(2)20-12-10-18-16(6,7)8/h13-14,17-18H,9-12H2,1-8H3. The van der Waals surface area contributed by atoms with Crippen molar-refractivity contribution in [2.45, 2.75) is 79.0 Å². The predicted octanol–water partition coefficient (Wildman–Crippen LogP) is 2.50. The quantitative estimate of drug-likeness (QED) is 0.480. The Labute approximate surface area is 131 Å². The molecule has 0 aromatic carbocycles. The molecule has 2 N–H and O–H groups in total. The zero-order valence-electron chi connectivity index (χ0n) is 15.2. The lowest BCUT2D eigenvalue weighted by Crippen LogP contribution is -2.39. The molecule has 0 aliphatic carbocycles. The molecule has 128 valence electrons. The summed E-state index contributed by atoms with van der Waals surface area (Å²) in [5, 5.41) is 6.73. The Morgan fingerprint density at radius 3 is 1.33 bits per heavy atom. The van der Waals surface area contributed by atoms with Crippen molar-refractivity contribution >= 4 is 0 Å². The number of nitrogens with one attached hydrogen (secondary N) is 2. The first-order valence-electron chi connectivity index (χ1n) is 7.88.